The summed E-state index contributed by atoms with van der Waals surface area (Å²) in [4.78, 5) is 11.5. The van der Waals surface area contributed by atoms with Gasteiger partial charge in [0.2, 0.25) is 8.32 Å². The molecule has 0 heterocycles. The van der Waals surface area contributed by atoms with E-state index >= 15 is 0 Å². The summed E-state index contributed by atoms with van der Waals surface area (Å²) in [6, 6.07) is 0. The first kappa shape index (κ1) is 42.9. The molecule has 47 heavy (non-hydrogen) atoms. The second-order valence-corrected chi connectivity index (χ2v) is 34.4. The van der Waals surface area contributed by atoms with E-state index in [0.29, 0.717) is 11.7 Å². The van der Waals surface area contributed by atoms with Crippen molar-refractivity contribution < 1.29 is 18.1 Å². The summed E-state index contributed by atoms with van der Waals surface area (Å²) in [7, 11) is -6.17. The molecule has 2 rings (SSSR count). The average molecular weight is 723 g/mol. The lowest BCUT2D eigenvalue weighted by molar-refractivity contribution is -0.114. The van der Waals surface area contributed by atoms with Gasteiger partial charge in [-0.25, -0.2) is 0 Å². The van der Waals surface area contributed by atoms with Gasteiger partial charge >= 0.3 is 0 Å². The highest BCUT2D eigenvalue weighted by atomic mass is 32.2. The van der Waals surface area contributed by atoms with Crippen molar-refractivity contribution in [2.45, 2.75) is 194 Å². The maximum absolute atomic E-state index is 11.5. The zero-order valence-corrected chi connectivity index (χ0v) is 37.4. The summed E-state index contributed by atoms with van der Waals surface area (Å²) in [6.07, 6.45) is 10.2. The van der Waals surface area contributed by atoms with Crippen LogP contribution >= 0.6 is 11.8 Å². The fraction of sp³-hybridized carbons (Fsp3) is 0.872. The van der Waals surface area contributed by atoms with Crippen LogP contribution in [0.25, 0.3) is 0 Å². The Morgan fingerprint density at radius 3 is 1.89 bits per heavy atom. The Labute approximate surface area is 299 Å². The van der Waals surface area contributed by atoms with Crippen LogP contribution < -0.4 is 0 Å². The standard InChI is InChI=1S/C39H74O4SSi3/c1-30(40)29-44-27-21-20-24-32-33(25-26-34(31-22-18-17-19-23-31)41-45(11,12)37(2,3)4)36(43-47(15,16)39(8,9)10)28-35(32)42-46(13,14)38(5,6)7/h31,33-34,36H,17-24,27-29H2,1-16H3/t33-,34-,36-/m1/s1. The van der Waals surface area contributed by atoms with Gasteiger partial charge in [0.15, 0.2) is 16.6 Å². The van der Waals surface area contributed by atoms with Gasteiger partial charge in [0, 0.05) is 6.42 Å². The van der Waals surface area contributed by atoms with E-state index in [9.17, 15) is 4.79 Å². The fourth-order valence-electron chi connectivity index (χ4n) is 5.62. The third kappa shape index (κ3) is 12.5. The molecule has 0 aromatic rings. The van der Waals surface area contributed by atoms with Crippen LogP contribution in [0.1, 0.15) is 127 Å². The third-order valence-corrected chi connectivity index (χ3v) is 26.4. The van der Waals surface area contributed by atoms with Crippen LogP contribution in [-0.2, 0) is 18.1 Å². The van der Waals surface area contributed by atoms with E-state index in [-0.39, 0.29) is 39.0 Å². The number of ketones is 1. The van der Waals surface area contributed by atoms with Gasteiger partial charge in [0.1, 0.15) is 11.9 Å². The topological polar surface area (TPSA) is 44.8 Å². The number of thioether (sulfide) groups is 1. The molecule has 0 aromatic carbocycles. The van der Waals surface area contributed by atoms with Gasteiger partial charge in [0.05, 0.1) is 23.5 Å². The minimum Gasteiger partial charge on any atom is -0.546 e. The van der Waals surface area contributed by atoms with Gasteiger partial charge in [-0.05, 0) is 111 Å². The molecular formula is C39H74O4SSi3. The molecule has 0 N–H and O–H groups in total. The molecular weight excluding hydrogens is 649 g/mol. The van der Waals surface area contributed by atoms with Crippen LogP contribution in [0.2, 0.25) is 54.4 Å². The van der Waals surface area contributed by atoms with E-state index in [1.165, 1.54) is 37.7 Å². The molecule has 0 saturated heterocycles. The van der Waals surface area contributed by atoms with Crippen molar-refractivity contribution >= 4 is 42.5 Å². The van der Waals surface area contributed by atoms with E-state index in [2.05, 4.69) is 113 Å². The molecule has 1 fully saturated rings. The van der Waals surface area contributed by atoms with E-state index in [1.54, 1.807) is 18.7 Å². The van der Waals surface area contributed by atoms with Crippen molar-refractivity contribution in [3.63, 3.8) is 0 Å². The molecule has 0 amide bonds. The predicted molar refractivity (Wildman–Crippen MR) is 214 cm³/mol. The highest BCUT2D eigenvalue weighted by molar-refractivity contribution is 7.99. The summed E-state index contributed by atoms with van der Waals surface area (Å²) >= 11 is 1.76. The van der Waals surface area contributed by atoms with E-state index in [4.69, 9.17) is 13.3 Å². The van der Waals surface area contributed by atoms with Crippen LogP contribution in [0.5, 0.6) is 0 Å². The fourth-order valence-corrected chi connectivity index (χ4v) is 10.2. The van der Waals surface area contributed by atoms with Crippen molar-refractivity contribution in [1.29, 1.82) is 0 Å². The van der Waals surface area contributed by atoms with Gasteiger partial charge in [0.25, 0.3) is 0 Å². The number of rotatable bonds is 14. The lowest BCUT2D eigenvalue weighted by Crippen LogP contribution is -2.46. The van der Waals surface area contributed by atoms with E-state index in [0.717, 1.165) is 37.2 Å². The van der Waals surface area contributed by atoms with Crippen molar-refractivity contribution in [3.8, 4) is 11.8 Å². The second-order valence-electron chi connectivity index (χ2n) is 19.1. The Hall–Kier alpha value is -0.309. The molecule has 0 radical (unpaired) electrons. The highest BCUT2D eigenvalue weighted by Gasteiger charge is 2.47. The zero-order chi connectivity index (χ0) is 36.1. The maximum Gasteiger partial charge on any atom is 0.250 e. The van der Waals surface area contributed by atoms with Crippen LogP contribution in [0.4, 0.5) is 0 Å². The first-order chi connectivity index (χ1) is 21.3. The molecule has 272 valence electrons. The molecule has 0 bridgehead atoms. The molecule has 3 atom stereocenters. The molecule has 2 aliphatic carbocycles. The summed E-state index contributed by atoms with van der Waals surface area (Å²) in [6.45, 7) is 36.9. The van der Waals surface area contributed by atoms with Gasteiger partial charge in [-0.3, -0.25) is 4.79 Å². The Morgan fingerprint density at radius 1 is 0.830 bits per heavy atom. The lowest BCUT2D eigenvalue weighted by atomic mass is 9.85. The summed E-state index contributed by atoms with van der Waals surface area (Å²) < 4.78 is 21.7. The first-order valence-electron chi connectivity index (χ1n) is 18.6. The summed E-state index contributed by atoms with van der Waals surface area (Å²) in [5.74, 6) is 11.3. The van der Waals surface area contributed by atoms with Gasteiger partial charge in [-0.1, -0.05) is 93.4 Å². The second kappa shape index (κ2) is 16.8. The molecule has 4 nitrogen and oxygen atoms in total. The molecule has 2 aliphatic rings. The Morgan fingerprint density at radius 2 is 1.38 bits per heavy atom. The smallest absolute Gasteiger partial charge is 0.250 e. The third-order valence-electron chi connectivity index (χ3n) is 11.9. The number of Topliss-reactive ketones (excluding diaryl/α,β-unsaturated/α-hetero) is 1. The molecule has 0 unspecified atom stereocenters. The molecule has 1 saturated carbocycles. The number of carbonyl (C=O) groups is 1. The minimum atomic E-state index is -2.08. The van der Waals surface area contributed by atoms with Crippen molar-refractivity contribution in [1.82, 2.24) is 0 Å². The number of carbonyl (C=O) groups excluding carboxylic acids is 1. The minimum absolute atomic E-state index is 0.00475. The highest BCUT2D eigenvalue weighted by Crippen LogP contribution is 2.47. The van der Waals surface area contributed by atoms with Crippen molar-refractivity contribution in [2.24, 2.45) is 11.8 Å². The maximum atomic E-state index is 11.5. The molecule has 0 spiro atoms. The number of hydrogen-bond donors (Lipinski definition) is 0. The van der Waals surface area contributed by atoms with Crippen LogP contribution in [0.3, 0.4) is 0 Å². The lowest BCUT2D eigenvalue weighted by Gasteiger charge is -2.41. The zero-order valence-electron chi connectivity index (χ0n) is 33.6. The van der Waals surface area contributed by atoms with Crippen LogP contribution in [-0.4, -0.2) is 54.4 Å². The monoisotopic (exact) mass is 722 g/mol. The van der Waals surface area contributed by atoms with E-state index < -0.39 is 25.0 Å². The van der Waals surface area contributed by atoms with E-state index in [1.807, 2.05) is 0 Å². The predicted octanol–water partition coefficient (Wildman–Crippen LogP) is 12.1. The largest absolute Gasteiger partial charge is 0.546 e. The van der Waals surface area contributed by atoms with Crippen LogP contribution in [0, 0.1) is 23.7 Å². The van der Waals surface area contributed by atoms with Gasteiger partial charge in [-0.2, -0.15) is 11.8 Å². The van der Waals surface area contributed by atoms with Gasteiger partial charge < -0.3 is 13.3 Å². The van der Waals surface area contributed by atoms with Crippen molar-refractivity contribution in [2.75, 3.05) is 11.5 Å². The van der Waals surface area contributed by atoms with Gasteiger partial charge in [-0.15, -0.1) is 0 Å². The number of unbranched alkanes of at least 4 members (excludes halogenated alkanes) is 1. The van der Waals surface area contributed by atoms with Crippen LogP contribution in [0.15, 0.2) is 11.3 Å². The average Bonchev–Trinajstić information content (AvgIpc) is 3.20. The Kier molecular flexibility index (Phi) is 15.3. The summed E-state index contributed by atoms with van der Waals surface area (Å²) in [5.41, 5.74) is 1.37. The molecule has 0 aliphatic heterocycles. The number of hydrogen-bond acceptors (Lipinski definition) is 5. The Bertz CT molecular complexity index is 1120. The van der Waals surface area contributed by atoms with Crippen molar-refractivity contribution in [3.05, 3.63) is 11.3 Å². The molecule has 0 aromatic heterocycles. The summed E-state index contributed by atoms with van der Waals surface area (Å²) in [5, 5.41) is 0.355. The molecule has 8 heteroatoms. The quantitative estimate of drug-likeness (QED) is 0.101. The first-order valence-corrected chi connectivity index (χ1v) is 28.5. The SMILES string of the molecule is CC(=O)CSCCCCC1=C(O[Si](C)(C)C(C)(C)C)C[C@@H](O[Si](C)(C)C(C)(C)C)[C@@H]1C#C[C@@H](O[Si](C)(C)C(C)(C)C)C1CCCCC1. The normalized spacial score (nSPS) is 21.4. The Balaban J connectivity index is 2.62.